The van der Waals surface area contributed by atoms with E-state index in [2.05, 4.69) is 6.92 Å². The van der Waals surface area contributed by atoms with Gasteiger partial charge >= 0.3 is 0 Å². The molecule has 2 unspecified atom stereocenters. The van der Waals surface area contributed by atoms with Crippen LogP contribution in [-0.4, -0.2) is 26.4 Å². The van der Waals surface area contributed by atoms with Crippen molar-refractivity contribution in [3.8, 4) is 0 Å². The van der Waals surface area contributed by atoms with Crippen LogP contribution in [0.4, 0.5) is 0 Å². The third kappa shape index (κ3) is 4.63. The molecule has 1 aliphatic carbocycles. The molecule has 0 aliphatic heterocycles. The number of hydrogen-bond donors (Lipinski definition) is 0. The van der Waals surface area contributed by atoms with E-state index in [0.29, 0.717) is 0 Å². The Labute approximate surface area is 81.6 Å². The zero-order chi connectivity index (χ0) is 9.52. The van der Waals surface area contributed by atoms with E-state index in [0.717, 1.165) is 38.3 Å². The van der Waals surface area contributed by atoms with Crippen LogP contribution in [0.2, 0.25) is 0 Å². The van der Waals surface area contributed by atoms with E-state index in [1.165, 1.54) is 19.3 Å². The lowest BCUT2D eigenvalue weighted by Crippen LogP contribution is -2.05. The van der Waals surface area contributed by atoms with Crippen molar-refractivity contribution in [2.24, 2.45) is 11.8 Å². The van der Waals surface area contributed by atoms with Crippen molar-refractivity contribution >= 4 is 0 Å². The molecule has 2 heteroatoms. The molecule has 13 heavy (non-hydrogen) atoms. The fraction of sp³-hybridized carbons (Fsp3) is 1.00. The van der Waals surface area contributed by atoms with E-state index in [1.807, 2.05) is 6.92 Å². The SMILES string of the molecule is CCOCCOCCC1CC1CC. The molecule has 0 heterocycles. The molecule has 1 saturated carbocycles. The summed E-state index contributed by atoms with van der Waals surface area (Å²) in [6.45, 7) is 7.52. The molecule has 0 aromatic carbocycles. The van der Waals surface area contributed by atoms with Gasteiger partial charge in [-0.05, 0) is 31.6 Å². The minimum atomic E-state index is 0.748. The van der Waals surface area contributed by atoms with Crippen molar-refractivity contribution in [1.29, 1.82) is 0 Å². The first-order valence-electron chi connectivity index (χ1n) is 5.54. The monoisotopic (exact) mass is 186 g/mol. The van der Waals surface area contributed by atoms with Crippen molar-refractivity contribution in [2.75, 3.05) is 26.4 Å². The van der Waals surface area contributed by atoms with E-state index < -0.39 is 0 Å². The summed E-state index contributed by atoms with van der Waals surface area (Å²) in [5, 5.41) is 0. The highest BCUT2D eigenvalue weighted by Gasteiger charge is 2.34. The van der Waals surface area contributed by atoms with E-state index in [1.54, 1.807) is 0 Å². The van der Waals surface area contributed by atoms with Crippen LogP contribution in [0.5, 0.6) is 0 Å². The first kappa shape index (κ1) is 11.0. The van der Waals surface area contributed by atoms with Crippen LogP contribution in [0.15, 0.2) is 0 Å². The Morgan fingerprint density at radius 3 is 2.38 bits per heavy atom. The average Bonchev–Trinajstić information content (AvgIpc) is 2.90. The van der Waals surface area contributed by atoms with E-state index in [9.17, 15) is 0 Å². The fourth-order valence-electron chi connectivity index (χ4n) is 1.76. The minimum absolute atomic E-state index is 0.748. The predicted molar refractivity (Wildman–Crippen MR) is 53.8 cm³/mol. The van der Waals surface area contributed by atoms with Crippen LogP contribution < -0.4 is 0 Å². The third-order valence-electron chi connectivity index (χ3n) is 2.80. The van der Waals surface area contributed by atoms with Gasteiger partial charge in [-0.15, -0.1) is 0 Å². The second-order valence-electron chi connectivity index (χ2n) is 3.76. The Kier molecular flexibility index (Phi) is 5.40. The molecular formula is C11H22O2. The fourth-order valence-corrected chi connectivity index (χ4v) is 1.76. The molecule has 0 spiro atoms. The molecule has 0 aromatic heterocycles. The summed E-state index contributed by atoms with van der Waals surface area (Å²) in [6.07, 6.45) is 4.04. The van der Waals surface area contributed by atoms with Gasteiger partial charge in [-0.2, -0.15) is 0 Å². The molecular weight excluding hydrogens is 164 g/mol. The summed E-state index contributed by atoms with van der Waals surface area (Å²) >= 11 is 0. The van der Waals surface area contributed by atoms with Crippen molar-refractivity contribution in [1.82, 2.24) is 0 Å². The summed E-state index contributed by atoms with van der Waals surface area (Å²) in [5.41, 5.74) is 0. The van der Waals surface area contributed by atoms with E-state index in [-0.39, 0.29) is 0 Å². The Hall–Kier alpha value is -0.0800. The van der Waals surface area contributed by atoms with Crippen LogP contribution in [-0.2, 0) is 9.47 Å². The molecule has 0 amide bonds. The van der Waals surface area contributed by atoms with Gasteiger partial charge in [0.05, 0.1) is 13.2 Å². The second kappa shape index (κ2) is 6.39. The highest BCUT2D eigenvalue weighted by molar-refractivity contribution is 4.84. The maximum Gasteiger partial charge on any atom is 0.0700 e. The number of ether oxygens (including phenoxy) is 2. The Bertz CT molecular complexity index is 125. The molecule has 78 valence electrons. The first-order chi connectivity index (χ1) is 6.38. The zero-order valence-electron chi connectivity index (χ0n) is 8.92. The van der Waals surface area contributed by atoms with Gasteiger partial charge in [0.25, 0.3) is 0 Å². The Balaban J connectivity index is 1.75. The maximum atomic E-state index is 5.45. The van der Waals surface area contributed by atoms with Crippen LogP contribution in [0, 0.1) is 11.8 Å². The number of hydrogen-bond acceptors (Lipinski definition) is 2. The van der Waals surface area contributed by atoms with Gasteiger partial charge in [-0.25, -0.2) is 0 Å². The van der Waals surface area contributed by atoms with E-state index in [4.69, 9.17) is 9.47 Å². The molecule has 0 saturated heterocycles. The second-order valence-corrected chi connectivity index (χ2v) is 3.76. The van der Waals surface area contributed by atoms with Crippen molar-refractivity contribution in [3.63, 3.8) is 0 Å². The summed E-state index contributed by atoms with van der Waals surface area (Å²) in [6, 6.07) is 0. The smallest absolute Gasteiger partial charge is 0.0700 e. The molecule has 0 radical (unpaired) electrons. The standard InChI is InChI=1S/C11H22O2/c1-3-10-9-11(10)5-6-13-8-7-12-4-2/h10-11H,3-9H2,1-2H3. The highest BCUT2D eigenvalue weighted by Crippen LogP contribution is 2.43. The predicted octanol–water partition coefficient (Wildman–Crippen LogP) is 2.48. The van der Waals surface area contributed by atoms with Gasteiger partial charge in [0.15, 0.2) is 0 Å². The molecule has 0 bridgehead atoms. The average molecular weight is 186 g/mol. The largest absolute Gasteiger partial charge is 0.379 e. The molecule has 2 atom stereocenters. The normalized spacial score (nSPS) is 26.3. The highest BCUT2D eigenvalue weighted by atomic mass is 16.5. The van der Waals surface area contributed by atoms with Crippen LogP contribution in [0.1, 0.15) is 33.1 Å². The lowest BCUT2D eigenvalue weighted by atomic mass is 10.2. The lowest BCUT2D eigenvalue weighted by Gasteiger charge is -2.03. The maximum absolute atomic E-state index is 5.45. The van der Waals surface area contributed by atoms with Crippen molar-refractivity contribution in [3.05, 3.63) is 0 Å². The Morgan fingerprint density at radius 2 is 1.77 bits per heavy atom. The molecule has 1 aliphatic rings. The summed E-state index contributed by atoms with van der Waals surface area (Å²) < 4.78 is 10.6. The lowest BCUT2D eigenvalue weighted by molar-refractivity contribution is 0.0501. The number of rotatable bonds is 8. The van der Waals surface area contributed by atoms with Gasteiger partial charge in [0.1, 0.15) is 0 Å². The Morgan fingerprint density at radius 1 is 1.00 bits per heavy atom. The summed E-state index contributed by atoms with van der Waals surface area (Å²) in [7, 11) is 0. The van der Waals surface area contributed by atoms with Crippen molar-refractivity contribution in [2.45, 2.75) is 33.1 Å². The summed E-state index contributed by atoms with van der Waals surface area (Å²) in [4.78, 5) is 0. The summed E-state index contributed by atoms with van der Waals surface area (Å²) in [5.74, 6) is 1.98. The molecule has 1 rings (SSSR count). The van der Waals surface area contributed by atoms with E-state index >= 15 is 0 Å². The van der Waals surface area contributed by atoms with Crippen molar-refractivity contribution < 1.29 is 9.47 Å². The van der Waals surface area contributed by atoms with Gasteiger partial charge in [-0.3, -0.25) is 0 Å². The van der Waals surface area contributed by atoms with Gasteiger partial charge in [-0.1, -0.05) is 13.3 Å². The van der Waals surface area contributed by atoms with Gasteiger partial charge < -0.3 is 9.47 Å². The molecule has 1 fully saturated rings. The molecule has 2 nitrogen and oxygen atoms in total. The minimum Gasteiger partial charge on any atom is -0.379 e. The van der Waals surface area contributed by atoms with Gasteiger partial charge in [0, 0.05) is 13.2 Å². The van der Waals surface area contributed by atoms with Crippen LogP contribution in [0.3, 0.4) is 0 Å². The topological polar surface area (TPSA) is 18.5 Å². The quantitative estimate of drug-likeness (QED) is 0.542. The third-order valence-corrected chi connectivity index (χ3v) is 2.80. The zero-order valence-corrected chi connectivity index (χ0v) is 8.92. The molecule has 0 N–H and O–H groups in total. The molecule has 0 aromatic rings. The van der Waals surface area contributed by atoms with Crippen LogP contribution >= 0.6 is 0 Å². The van der Waals surface area contributed by atoms with Crippen LogP contribution in [0.25, 0.3) is 0 Å². The van der Waals surface area contributed by atoms with Gasteiger partial charge in [0.2, 0.25) is 0 Å². The first-order valence-corrected chi connectivity index (χ1v) is 5.54.